The maximum atomic E-state index is 14.6. The van der Waals surface area contributed by atoms with Crippen LogP contribution in [0.5, 0.6) is 11.5 Å². The lowest BCUT2D eigenvalue weighted by molar-refractivity contribution is 0.393. The number of methoxy groups -OCH3 is 2. The summed E-state index contributed by atoms with van der Waals surface area (Å²) in [5.41, 5.74) is 0.662. The van der Waals surface area contributed by atoms with E-state index in [0.717, 1.165) is 12.1 Å². The third-order valence-corrected chi connectivity index (χ3v) is 5.45. The lowest BCUT2D eigenvalue weighted by Gasteiger charge is -2.18. The number of ether oxygens (including phenoxy) is 2. The normalized spacial score (nSPS) is 10.8. The van der Waals surface area contributed by atoms with Crippen molar-refractivity contribution in [2.24, 2.45) is 7.05 Å². The molecule has 146 valence electrons. The molecular weight excluding hydrogens is 456 g/mol. The van der Waals surface area contributed by atoms with Gasteiger partial charge >= 0.3 is 0 Å². The van der Waals surface area contributed by atoms with E-state index >= 15 is 0 Å². The molecule has 0 aliphatic carbocycles. The van der Waals surface area contributed by atoms with Crippen molar-refractivity contribution in [3.8, 4) is 33.8 Å². The molecule has 28 heavy (non-hydrogen) atoms. The first-order valence-corrected chi connectivity index (χ1v) is 9.22. The quantitative estimate of drug-likeness (QED) is 0.510. The summed E-state index contributed by atoms with van der Waals surface area (Å²) in [6.45, 7) is 0. The number of halogens is 4. The highest BCUT2D eigenvalue weighted by Crippen LogP contribution is 2.44. The van der Waals surface area contributed by atoms with Gasteiger partial charge in [0.05, 0.1) is 18.7 Å². The van der Waals surface area contributed by atoms with E-state index in [0.29, 0.717) is 27.1 Å². The Labute approximate surface area is 173 Å². The minimum absolute atomic E-state index is 0.00721. The van der Waals surface area contributed by atoms with Crippen molar-refractivity contribution in [2.45, 2.75) is 0 Å². The predicted molar refractivity (Wildman–Crippen MR) is 108 cm³/mol. The van der Waals surface area contributed by atoms with Crippen molar-refractivity contribution in [2.75, 3.05) is 14.2 Å². The molecule has 8 heteroatoms. The van der Waals surface area contributed by atoms with E-state index in [1.807, 2.05) is 0 Å². The number of nitrogens with zero attached hydrogens (tertiary/aromatic N) is 1. The first-order chi connectivity index (χ1) is 13.3. The maximum Gasteiger partial charge on any atom is 0.269 e. The predicted octanol–water partition coefficient (Wildman–Crippen LogP) is 5.43. The third-order valence-electron chi connectivity index (χ3n) is 4.28. The molecule has 0 unspecified atom stereocenters. The highest BCUT2D eigenvalue weighted by atomic mass is 79.9. The largest absolute Gasteiger partial charge is 0.497 e. The van der Waals surface area contributed by atoms with Gasteiger partial charge in [0.15, 0.2) is 0 Å². The summed E-state index contributed by atoms with van der Waals surface area (Å²) < 4.78 is 40.5. The molecule has 0 aliphatic rings. The van der Waals surface area contributed by atoms with Gasteiger partial charge in [0.2, 0.25) is 0 Å². The summed E-state index contributed by atoms with van der Waals surface area (Å²) in [5.74, 6) is -0.593. The van der Waals surface area contributed by atoms with E-state index in [4.69, 9.17) is 21.1 Å². The van der Waals surface area contributed by atoms with E-state index in [9.17, 15) is 13.6 Å². The Morgan fingerprint density at radius 2 is 1.75 bits per heavy atom. The zero-order valence-corrected chi connectivity index (χ0v) is 17.5. The molecule has 0 aliphatic heterocycles. The van der Waals surface area contributed by atoms with E-state index in [-0.39, 0.29) is 16.1 Å². The van der Waals surface area contributed by atoms with Crippen LogP contribution in [0.3, 0.4) is 0 Å². The van der Waals surface area contributed by atoms with Gasteiger partial charge in [-0.2, -0.15) is 0 Å². The second-order valence-electron chi connectivity index (χ2n) is 5.96. The monoisotopic (exact) mass is 469 g/mol. The van der Waals surface area contributed by atoms with Crippen LogP contribution < -0.4 is 15.0 Å². The van der Waals surface area contributed by atoms with Crippen LogP contribution in [0, 0.1) is 11.6 Å². The second-order valence-corrected chi connectivity index (χ2v) is 7.13. The van der Waals surface area contributed by atoms with Crippen LogP contribution in [-0.2, 0) is 7.05 Å². The summed E-state index contributed by atoms with van der Waals surface area (Å²) in [6, 6.07) is 6.48. The molecule has 0 atom stereocenters. The molecule has 0 saturated heterocycles. The molecule has 0 saturated carbocycles. The summed E-state index contributed by atoms with van der Waals surface area (Å²) in [6.07, 6.45) is 1.53. The highest BCUT2D eigenvalue weighted by molar-refractivity contribution is 9.10. The Bertz CT molecular complexity index is 1130. The summed E-state index contributed by atoms with van der Waals surface area (Å²) in [7, 11) is 4.53. The standard InChI is InChI=1S/C20H15BrClF2NO3/c1-25-9-14(13-7-11(27-2)8-16(28-3)18(13)21)17(19(22)20(25)26)12-5-4-10(23)6-15(12)24/h4-9H,1-3H3. The van der Waals surface area contributed by atoms with Gasteiger partial charge in [0.1, 0.15) is 28.2 Å². The van der Waals surface area contributed by atoms with Gasteiger partial charge in [-0.3, -0.25) is 4.79 Å². The van der Waals surface area contributed by atoms with Gasteiger partial charge < -0.3 is 14.0 Å². The molecule has 2 aromatic carbocycles. The number of pyridine rings is 1. The van der Waals surface area contributed by atoms with E-state index in [2.05, 4.69) is 15.9 Å². The molecule has 0 radical (unpaired) electrons. The Morgan fingerprint density at radius 1 is 1.04 bits per heavy atom. The van der Waals surface area contributed by atoms with Gasteiger partial charge in [0.25, 0.3) is 5.56 Å². The van der Waals surface area contributed by atoms with Crippen molar-refractivity contribution in [1.29, 1.82) is 0 Å². The molecule has 0 fully saturated rings. The smallest absolute Gasteiger partial charge is 0.269 e. The van der Waals surface area contributed by atoms with Crippen molar-refractivity contribution in [1.82, 2.24) is 4.57 Å². The Balaban J connectivity index is 2.45. The molecule has 4 nitrogen and oxygen atoms in total. The van der Waals surface area contributed by atoms with Gasteiger partial charge in [-0.05, 0) is 34.1 Å². The average molecular weight is 471 g/mol. The van der Waals surface area contributed by atoms with Gasteiger partial charge in [-0.15, -0.1) is 0 Å². The fraction of sp³-hybridized carbons (Fsp3) is 0.150. The topological polar surface area (TPSA) is 40.5 Å². The summed E-state index contributed by atoms with van der Waals surface area (Å²) in [4.78, 5) is 12.4. The van der Waals surface area contributed by atoms with Crippen molar-refractivity contribution in [3.05, 3.63) is 68.0 Å². The molecule has 0 bridgehead atoms. The van der Waals surface area contributed by atoms with E-state index in [1.165, 1.54) is 38.1 Å². The highest BCUT2D eigenvalue weighted by Gasteiger charge is 2.22. The first-order valence-electron chi connectivity index (χ1n) is 8.05. The molecule has 3 aromatic rings. The van der Waals surface area contributed by atoms with Gasteiger partial charge in [-0.25, -0.2) is 8.78 Å². The first kappa shape index (κ1) is 20.4. The van der Waals surface area contributed by atoms with Crippen LogP contribution in [0.1, 0.15) is 0 Å². The number of aryl methyl sites for hydroxylation is 1. The fourth-order valence-corrected chi connectivity index (χ4v) is 3.83. The molecular formula is C20H15BrClF2NO3. The minimum atomic E-state index is -0.831. The number of hydrogen-bond donors (Lipinski definition) is 0. The van der Waals surface area contributed by atoms with Crippen molar-refractivity contribution in [3.63, 3.8) is 0 Å². The number of rotatable bonds is 4. The Kier molecular flexibility index (Phi) is 5.76. The van der Waals surface area contributed by atoms with Crippen LogP contribution >= 0.6 is 27.5 Å². The van der Waals surface area contributed by atoms with Crippen LogP contribution in [0.2, 0.25) is 5.02 Å². The average Bonchev–Trinajstić information content (AvgIpc) is 2.67. The van der Waals surface area contributed by atoms with Gasteiger partial charge in [-0.1, -0.05) is 11.6 Å². The van der Waals surface area contributed by atoms with Crippen molar-refractivity contribution >= 4 is 27.5 Å². The third kappa shape index (κ3) is 3.52. The lowest BCUT2D eigenvalue weighted by atomic mass is 9.95. The molecule has 0 spiro atoms. The lowest BCUT2D eigenvalue weighted by Crippen LogP contribution is -2.18. The van der Waals surface area contributed by atoms with Crippen LogP contribution in [-0.4, -0.2) is 18.8 Å². The summed E-state index contributed by atoms with van der Waals surface area (Å²) in [5, 5.41) is -0.181. The van der Waals surface area contributed by atoms with E-state index < -0.39 is 17.2 Å². The SMILES string of the molecule is COc1cc(OC)c(Br)c(-c2cn(C)c(=O)c(Cl)c2-c2ccc(F)cc2F)c1. The van der Waals surface area contributed by atoms with E-state index in [1.54, 1.807) is 12.1 Å². The Hall–Kier alpha value is -2.38. The molecule has 0 amide bonds. The van der Waals surface area contributed by atoms with Crippen LogP contribution in [0.25, 0.3) is 22.3 Å². The zero-order valence-electron chi connectivity index (χ0n) is 15.1. The van der Waals surface area contributed by atoms with Gasteiger partial charge in [0, 0.05) is 47.6 Å². The minimum Gasteiger partial charge on any atom is -0.497 e. The zero-order chi connectivity index (χ0) is 20.6. The van der Waals surface area contributed by atoms with Crippen LogP contribution in [0.15, 0.2) is 45.8 Å². The molecule has 1 heterocycles. The number of benzene rings is 2. The fourth-order valence-electron chi connectivity index (χ4n) is 2.89. The molecule has 1 aromatic heterocycles. The number of hydrogen-bond acceptors (Lipinski definition) is 3. The van der Waals surface area contributed by atoms with Crippen LogP contribution in [0.4, 0.5) is 8.78 Å². The second kappa shape index (κ2) is 7.93. The summed E-state index contributed by atoms with van der Waals surface area (Å²) >= 11 is 9.81. The van der Waals surface area contributed by atoms with Crippen molar-refractivity contribution < 1.29 is 18.3 Å². The molecule has 3 rings (SSSR count). The maximum absolute atomic E-state index is 14.6. The number of aromatic nitrogens is 1. The Morgan fingerprint density at radius 3 is 2.36 bits per heavy atom. The molecule has 0 N–H and O–H groups in total.